The van der Waals surface area contributed by atoms with Gasteiger partial charge in [0, 0.05) is 21.4 Å². The average Bonchev–Trinajstić information content (AvgIpc) is 2.05. The first kappa shape index (κ1) is 9.99. The molecule has 0 spiro atoms. The summed E-state index contributed by atoms with van der Waals surface area (Å²) in [6.45, 7) is 0. The number of hydrogen-bond acceptors (Lipinski definition) is 1. The van der Waals surface area contributed by atoms with Crippen molar-refractivity contribution in [1.29, 1.82) is 0 Å². The van der Waals surface area contributed by atoms with E-state index in [4.69, 9.17) is 11.6 Å². The Hall–Kier alpha value is -0.0900. The molecule has 1 aromatic carbocycles. The summed E-state index contributed by atoms with van der Waals surface area (Å²) >= 11 is 7.92. The molecule has 64 valence electrons. The predicted octanol–water partition coefficient (Wildman–Crippen LogP) is 3.35. The number of benzene rings is 1. The molecule has 0 bridgehead atoms. The highest BCUT2D eigenvalue weighted by Crippen LogP contribution is 2.12. The zero-order chi connectivity index (χ0) is 8.97. The van der Waals surface area contributed by atoms with Crippen molar-refractivity contribution in [2.24, 2.45) is 0 Å². The smallest absolute Gasteiger partial charge is 0.163 e. The van der Waals surface area contributed by atoms with Gasteiger partial charge in [-0.15, -0.1) is 0 Å². The zero-order valence-corrected chi connectivity index (χ0v) is 9.30. The van der Waals surface area contributed by atoms with Gasteiger partial charge >= 0.3 is 0 Å². The second-order valence-electron chi connectivity index (χ2n) is 2.37. The lowest BCUT2D eigenvalue weighted by Crippen LogP contribution is -1.98. The third kappa shape index (κ3) is 2.75. The first-order valence-corrected chi connectivity index (χ1v) is 5.49. The van der Waals surface area contributed by atoms with E-state index in [1.165, 1.54) is 0 Å². The molecule has 0 saturated heterocycles. The van der Waals surface area contributed by atoms with Crippen LogP contribution in [0, 0.1) is 0 Å². The van der Waals surface area contributed by atoms with Crippen molar-refractivity contribution in [1.82, 2.24) is 0 Å². The summed E-state index contributed by atoms with van der Waals surface area (Å²) in [6.07, 6.45) is 0.584. The molecule has 0 saturated carbocycles. The van der Waals surface area contributed by atoms with Crippen LogP contribution in [0.1, 0.15) is 16.8 Å². The van der Waals surface area contributed by atoms with Crippen LogP contribution in [0.2, 0.25) is 5.02 Å². The molecule has 0 aromatic heterocycles. The zero-order valence-electron chi connectivity index (χ0n) is 6.39. The highest BCUT2D eigenvalue weighted by Gasteiger charge is 2.03. The molecule has 0 aliphatic rings. The molecule has 0 aliphatic heterocycles. The Kier molecular flexibility index (Phi) is 4.01. The monoisotopic (exact) mass is 294 g/mol. The van der Waals surface area contributed by atoms with Crippen molar-refractivity contribution in [3.05, 3.63) is 34.9 Å². The van der Waals surface area contributed by atoms with E-state index in [0.29, 0.717) is 17.0 Å². The van der Waals surface area contributed by atoms with Gasteiger partial charge in [-0.25, -0.2) is 0 Å². The SMILES string of the molecule is O=C(CCI)c1cccc(Cl)c1. The summed E-state index contributed by atoms with van der Waals surface area (Å²) in [6, 6.07) is 7.06. The van der Waals surface area contributed by atoms with Crippen LogP contribution in [0.3, 0.4) is 0 Å². The highest BCUT2D eigenvalue weighted by molar-refractivity contribution is 14.1. The lowest BCUT2D eigenvalue weighted by atomic mass is 10.1. The average molecular weight is 295 g/mol. The Balaban J connectivity index is 2.81. The molecule has 1 rings (SSSR count). The van der Waals surface area contributed by atoms with Crippen LogP contribution >= 0.6 is 34.2 Å². The standard InChI is InChI=1S/C9H8ClIO/c10-8-3-1-2-7(6-8)9(12)4-5-11/h1-3,6H,4-5H2. The number of halogens is 2. The lowest BCUT2D eigenvalue weighted by molar-refractivity contribution is 0.0990. The third-order valence-electron chi connectivity index (χ3n) is 1.47. The lowest BCUT2D eigenvalue weighted by Gasteiger charge is -1.97. The van der Waals surface area contributed by atoms with E-state index < -0.39 is 0 Å². The van der Waals surface area contributed by atoms with E-state index in [1.54, 1.807) is 24.3 Å². The second kappa shape index (κ2) is 4.82. The van der Waals surface area contributed by atoms with Crippen molar-refractivity contribution >= 4 is 40.0 Å². The molecule has 0 amide bonds. The number of rotatable bonds is 3. The molecule has 0 aliphatic carbocycles. The Morgan fingerprint density at radius 1 is 1.50 bits per heavy atom. The second-order valence-corrected chi connectivity index (χ2v) is 3.89. The van der Waals surface area contributed by atoms with Crippen molar-refractivity contribution in [3.8, 4) is 0 Å². The summed E-state index contributed by atoms with van der Waals surface area (Å²) in [5.41, 5.74) is 0.708. The highest BCUT2D eigenvalue weighted by atomic mass is 127. The number of ketones is 1. The van der Waals surface area contributed by atoms with Crippen LogP contribution in [0.25, 0.3) is 0 Å². The van der Waals surface area contributed by atoms with Crippen molar-refractivity contribution in [2.45, 2.75) is 6.42 Å². The van der Waals surface area contributed by atoms with E-state index in [2.05, 4.69) is 22.6 Å². The summed E-state index contributed by atoms with van der Waals surface area (Å²) in [5.74, 6) is 0.159. The molecule has 3 heteroatoms. The number of Topliss-reactive ketones (excluding diaryl/α,β-unsaturated/α-hetero) is 1. The van der Waals surface area contributed by atoms with Gasteiger partial charge in [-0.1, -0.05) is 46.3 Å². The number of alkyl halides is 1. The van der Waals surface area contributed by atoms with E-state index in [0.717, 1.165) is 4.43 Å². The molecule has 0 atom stereocenters. The molecule has 0 unspecified atom stereocenters. The van der Waals surface area contributed by atoms with Gasteiger partial charge < -0.3 is 0 Å². The van der Waals surface area contributed by atoms with Gasteiger partial charge in [-0.05, 0) is 12.1 Å². The molecule has 1 nitrogen and oxygen atoms in total. The Morgan fingerprint density at radius 3 is 2.83 bits per heavy atom. The molecule has 1 aromatic rings. The van der Waals surface area contributed by atoms with Crippen LogP contribution < -0.4 is 0 Å². The van der Waals surface area contributed by atoms with E-state index in [9.17, 15) is 4.79 Å². The third-order valence-corrected chi connectivity index (χ3v) is 2.24. The summed E-state index contributed by atoms with van der Waals surface area (Å²) in [5, 5.41) is 0.620. The maximum atomic E-state index is 11.3. The number of hydrogen-bond donors (Lipinski definition) is 0. The Labute approximate surface area is 90.3 Å². The Morgan fingerprint density at radius 2 is 2.25 bits per heavy atom. The van der Waals surface area contributed by atoms with Gasteiger partial charge in [0.1, 0.15) is 0 Å². The first-order chi connectivity index (χ1) is 5.74. The van der Waals surface area contributed by atoms with Gasteiger partial charge in [0.25, 0.3) is 0 Å². The van der Waals surface area contributed by atoms with Crippen molar-refractivity contribution < 1.29 is 4.79 Å². The Bertz CT molecular complexity index is 286. The normalized spacial score (nSPS) is 9.83. The quantitative estimate of drug-likeness (QED) is 0.475. The molecule has 0 radical (unpaired) electrons. The van der Waals surface area contributed by atoms with Crippen LogP contribution in [0.4, 0.5) is 0 Å². The van der Waals surface area contributed by atoms with Crippen molar-refractivity contribution in [2.75, 3.05) is 4.43 Å². The fourth-order valence-corrected chi connectivity index (χ4v) is 1.57. The fourth-order valence-electron chi connectivity index (χ4n) is 0.892. The van der Waals surface area contributed by atoms with Gasteiger partial charge in [0.05, 0.1) is 0 Å². The van der Waals surface area contributed by atoms with Gasteiger partial charge in [-0.3, -0.25) is 4.79 Å². The van der Waals surface area contributed by atoms with E-state index in [1.807, 2.05) is 0 Å². The van der Waals surface area contributed by atoms with Crippen molar-refractivity contribution in [3.63, 3.8) is 0 Å². The minimum Gasteiger partial charge on any atom is -0.294 e. The van der Waals surface area contributed by atoms with E-state index in [-0.39, 0.29) is 5.78 Å². The van der Waals surface area contributed by atoms with Gasteiger partial charge in [-0.2, -0.15) is 0 Å². The summed E-state index contributed by atoms with van der Waals surface area (Å²) in [4.78, 5) is 11.3. The maximum absolute atomic E-state index is 11.3. The van der Waals surface area contributed by atoms with E-state index >= 15 is 0 Å². The molecule has 0 N–H and O–H groups in total. The molecule has 12 heavy (non-hydrogen) atoms. The first-order valence-electron chi connectivity index (χ1n) is 3.59. The van der Waals surface area contributed by atoms with Crippen LogP contribution in [0.15, 0.2) is 24.3 Å². The van der Waals surface area contributed by atoms with Crippen LogP contribution in [0.5, 0.6) is 0 Å². The topological polar surface area (TPSA) is 17.1 Å². The van der Waals surface area contributed by atoms with Gasteiger partial charge in [0.15, 0.2) is 5.78 Å². The maximum Gasteiger partial charge on any atom is 0.163 e. The molecular formula is C9H8ClIO. The fraction of sp³-hybridized carbons (Fsp3) is 0.222. The van der Waals surface area contributed by atoms with Crippen LogP contribution in [-0.2, 0) is 0 Å². The molecular weight excluding hydrogens is 286 g/mol. The molecule has 0 heterocycles. The van der Waals surface area contributed by atoms with Crippen LogP contribution in [-0.4, -0.2) is 10.2 Å². The summed E-state index contributed by atoms with van der Waals surface area (Å²) in [7, 11) is 0. The predicted molar refractivity (Wildman–Crippen MR) is 59.3 cm³/mol. The largest absolute Gasteiger partial charge is 0.294 e. The number of carbonyl (C=O) groups excluding carboxylic acids is 1. The number of carbonyl (C=O) groups is 1. The summed E-state index contributed by atoms with van der Waals surface area (Å²) < 4.78 is 0.850. The molecule has 0 fully saturated rings. The minimum atomic E-state index is 0.159. The minimum absolute atomic E-state index is 0.159. The van der Waals surface area contributed by atoms with Gasteiger partial charge in [0.2, 0.25) is 0 Å².